The highest BCUT2D eigenvalue weighted by molar-refractivity contribution is 6.30. The molecule has 0 fully saturated rings. The Morgan fingerprint density at radius 2 is 1.14 bits per heavy atom. The standard InChI is InChI=1S/C23H44O3.C7H5ClO2/c1-4-6-8-9-10-11-12-14-19-22(24)26-23(25)20-16-15-18-21(3)17-13-7-5-2;8-6-3-1-5(2-4-6)7(9)10/h21H,4-20H2,1-3H3;1-4H,(H,9,10). The molecule has 1 rings (SSSR count). The minimum atomic E-state index is -0.934. The van der Waals surface area contributed by atoms with Crippen molar-refractivity contribution in [2.75, 3.05) is 0 Å². The quantitative estimate of drug-likeness (QED) is 0.111. The Hall–Kier alpha value is -1.88. The summed E-state index contributed by atoms with van der Waals surface area (Å²) in [5.74, 6) is -0.875. The summed E-state index contributed by atoms with van der Waals surface area (Å²) in [6.07, 6.45) is 18.6. The lowest BCUT2D eigenvalue weighted by molar-refractivity contribution is -0.159. The number of aromatic carboxylic acids is 1. The minimum Gasteiger partial charge on any atom is -0.478 e. The molecule has 0 aliphatic rings. The number of carbonyl (C=O) groups excluding carboxylic acids is 2. The van der Waals surface area contributed by atoms with Gasteiger partial charge in [0, 0.05) is 17.9 Å². The van der Waals surface area contributed by atoms with E-state index in [0.29, 0.717) is 17.9 Å². The van der Waals surface area contributed by atoms with Crippen LogP contribution in [0.3, 0.4) is 0 Å². The number of unbranched alkanes of at least 4 members (excludes halogenated alkanes) is 10. The molecule has 1 aromatic rings. The van der Waals surface area contributed by atoms with Crippen molar-refractivity contribution in [1.29, 1.82) is 0 Å². The van der Waals surface area contributed by atoms with Gasteiger partial charge in [-0.2, -0.15) is 0 Å². The third-order valence-corrected chi connectivity index (χ3v) is 6.43. The number of carbonyl (C=O) groups is 3. The van der Waals surface area contributed by atoms with Crippen LogP contribution in [-0.4, -0.2) is 23.0 Å². The zero-order valence-electron chi connectivity index (χ0n) is 22.9. The van der Waals surface area contributed by atoms with Gasteiger partial charge in [-0.3, -0.25) is 9.59 Å². The SMILES string of the molecule is CCCCCCCCCCC(=O)OC(=O)CCCCC(C)CCCCC.O=C(O)c1ccc(Cl)cc1. The van der Waals surface area contributed by atoms with E-state index in [9.17, 15) is 14.4 Å². The summed E-state index contributed by atoms with van der Waals surface area (Å²) in [6.45, 7) is 6.75. The van der Waals surface area contributed by atoms with Crippen molar-refractivity contribution in [3.05, 3.63) is 34.9 Å². The van der Waals surface area contributed by atoms with E-state index >= 15 is 0 Å². The third-order valence-electron chi connectivity index (χ3n) is 6.18. The average Bonchev–Trinajstić information content (AvgIpc) is 2.84. The van der Waals surface area contributed by atoms with Gasteiger partial charge >= 0.3 is 17.9 Å². The van der Waals surface area contributed by atoms with Gasteiger partial charge < -0.3 is 9.84 Å². The first kappa shape index (κ1) is 34.1. The molecule has 0 spiro atoms. The monoisotopic (exact) mass is 524 g/mol. The normalized spacial score (nSPS) is 11.3. The fraction of sp³-hybridized carbons (Fsp3) is 0.700. The van der Waals surface area contributed by atoms with E-state index in [0.717, 1.165) is 31.6 Å². The van der Waals surface area contributed by atoms with Crippen LogP contribution in [0.5, 0.6) is 0 Å². The molecule has 0 saturated heterocycles. The number of ether oxygens (including phenoxy) is 1. The molecule has 0 aliphatic heterocycles. The van der Waals surface area contributed by atoms with Crippen molar-refractivity contribution in [2.24, 2.45) is 5.92 Å². The van der Waals surface area contributed by atoms with Gasteiger partial charge in [0.25, 0.3) is 0 Å². The van der Waals surface area contributed by atoms with Crippen molar-refractivity contribution in [3.8, 4) is 0 Å². The summed E-state index contributed by atoms with van der Waals surface area (Å²) in [4.78, 5) is 33.6. The van der Waals surface area contributed by atoms with Gasteiger partial charge in [-0.15, -0.1) is 0 Å². The van der Waals surface area contributed by atoms with Gasteiger partial charge in [0.05, 0.1) is 5.56 Å². The maximum Gasteiger partial charge on any atom is 0.335 e. The molecule has 0 heterocycles. The van der Waals surface area contributed by atoms with E-state index in [2.05, 4.69) is 20.8 Å². The second-order valence-corrected chi connectivity index (χ2v) is 10.2. The lowest BCUT2D eigenvalue weighted by atomic mass is 9.97. The summed E-state index contributed by atoms with van der Waals surface area (Å²) in [5, 5.41) is 8.98. The van der Waals surface area contributed by atoms with Gasteiger partial charge in [0.2, 0.25) is 0 Å². The van der Waals surface area contributed by atoms with Gasteiger partial charge in [0.15, 0.2) is 0 Å². The zero-order chi connectivity index (χ0) is 27.0. The largest absolute Gasteiger partial charge is 0.478 e. The summed E-state index contributed by atoms with van der Waals surface area (Å²) in [7, 11) is 0. The Bertz CT molecular complexity index is 702. The maximum atomic E-state index is 11.7. The highest BCUT2D eigenvalue weighted by atomic mass is 35.5. The van der Waals surface area contributed by atoms with E-state index in [-0.39, 0.29) is 17.5 Å². The second-order valence-electron chi connectivity index (χ2n) is 9.73. The molecule has 206 valence electrons. The predicted molar refractivity (Wildman–Crippen MR) is 149 cm³/mol. The summed E-state index contributed by atoms with van der Waals surface area (Å²) < 4.78 is 4.92. The number of esters is 2. The predicted octanol–water partition coefficient (Wildman–Crippen LogP) is 9.40. The lowest BCUT2D eigenvalue weighted by Gasteiger charge is -2.10. The lowest BCUT2D eigenvalue weighted by Crippen LogP contribution is -2.12. The van der Waals surface area contributed by atoms with Crippen LogP contribution >= 0.6 is 11.6 Å². The Kier molecular flexibility index (Phi) is 22.3. The van der Waals surface area contributed by atoms with Crippen LogP contribution in [0.4, 0.5) is 0 Å². The highest BCUT2D eigenvalue weighted by Crippen LogP contribution is 2.17. The van der Waals surface area contributed by atoms with Crippen LogP contribution in [0.25, 0.3) is 0 Å². The highest BCUT2D eigenvalue weighted by Gasteiger charge is 2.10. The van der Waals surface area contributed by atoms with Crippen LogP contribution in [0.2, 0.25) is 5.02 Å². The fourth-order valence-electron chi connectivity index (χ4n) is 3.87. The summed E-state index contributed by atoms with van der Waals surface area (Å²) >= 11 is 5.52. The second kappa shape index (κ2) is 23.5. The van der Waals surface area contributed by atoms with E-state index in [1.54, 1.807) is 12.1 Å². The number of carboxylic acids is 1. The van der Waals surface area contributed by atoms with E-state index in [1.165, 1.54) is 82.8 Å². The Balaban J connectivity index is 0.00000101. The van der Waals surface area contributed by atoms with Crippen LogP contribution in [0, 0.1) is 5.92 Å². The Labute approximate surface area is 224 Å². The molecule has 1 atom stereocenters. The first-order valence-corrected chi connectivity index (χ1v) is 14.4. The molecule has 0 aromatic heterocycles. The number of halogens is 1. The van der Waals surface area contributed by atoms with Crippen LogP contribution in [-0.2, 0) is 14.3 Å². The first-order valence-electron chi connectivity index (χ1n) is 14.0. The number of carboxylic acid groups (broad SMARTS) is 1. The molecular weight excluding hydrogens is 476 g/mol. The molecule has 36 heavy (non-hydrogen) atoms. The van der Waals surface area contributed by atoms with Crippen LogP contribution in [0.1, 0.15) is 140 Å². The van der Waals surface area contributed by atoms with Gasteiger partial charge in [-0.05, 0) is 43.0 Å². The number of rotatable bonds is 19. The van der Waals surface area contributed by atoms with Crippen LogP contribution < -0.4 is 0 Å². The maximum absolute atomic E-state index is 11.7. The molecule has 1 unspecified atom stereocenters. The smallest absolute Gasteiger partial charge is 0.335 e. The Morgan fingerprint density at radius 3 is 1.64 bits per heavy atom. The average molecular weight is 525 g/mol. The minimum absolute atomic E-state index is 0.254. The molecule has 0 bridgehead atoms. The van der Waals surface area contributed by atoms with E-state index in [1.807, 2.05) is 0 Å². The molecule has 1 N–H and O–H groups in total. The van der Waals surface area contributed by atoms with Crippen molar-refractivity contribution < 1.29 is 24.2 Å². The summed E-state index contributed by atoms with van der Waals surface area (Å²) in [6, 6.07) is 6.02. The van der Waals surface area contributed by atoms with Gasteiger partial charge in [-0.1, -0.05) is 116 Å². The van der Waals surface area contributed by atoms with Gasteiger partial charge in [0.1, 0.15) is 0 Å². The molecule has 5 nitrogen and oxygen atoms in total. The van der Waals surface area contributed by atoms with Gasteiger partial charge in [-0.25, -0.2) is 4.79 Å². The molecule has 0 saturated carbocycles. The molecule has 0 radical (unpaired) electrons. The molecule has 0 amide bonds. The van der Waals surface area contributed by atoms with E-state index in [4.69, 9.17) is 21.4 Å². The van der Waals surface area contributed by atoms with Crippen molar-refractivity contribution in [2.45, 2.75) is 130 Å². The molecular formula is C30H49ClO5. The topological polar surface area (TPSA) is 80.7 Å². The number of benzene rings is 1. The third kappa shape index (κ3) is 21.4. The molecule has 6 heteroatoms. The van der Waals surface area contributed by atoms with E-state index < -0.39 is 5.97 Å². The fourth-order valence-corrected chi connectivity index (χ4v) is 4.00. The van der Waals surface area contributed by atoms with Crippen molar-refractivity contribution >= 4 is 29.5 Å². The van der Waals surface area contributed by atoms with Crippen molar-refractivity contribution in [3.63, 3.8) is 0 Å². The summed E-state index contributed by atoms with van der Waals surface area (Å²) in [5.41, 5.74) is 0.254. The zero-order valence-corrected chi connectivity index (χ0v) is 23.6. The molecule has 0 aliphatic carbocycles. The Morgan fingerprint density at radius 1 is 0.722 bits per heavy atom. The number of hydrogen-bond donors (Lipinski definition) is 1. The molecule has 1 aromatic carbocycles. The van der Waals surface area contributed by atoms with Crippen LogP contribution in [0.15, 0.2) is 24.3 Å². The van der Waals surface area contributed by atoms with Crippen molar-refractivity contribution in [1.82, 2.24) is 0 Å². The number of hydrogen-bond acceptors (Lipinski definition) is 4. The first-order chi connectivity index (χ1) is 17.3.